The van der Waals surface area contributed by atoms with Crippen molar-refractivity contribution in [2.75, 3.05) is 14.2 Å². The maximum atomic E-state index is 13.0. The molecule has 3 aromatic rings. The zero-order valence-electron chi connectivity index (χ0n) is 18.7. The second-order valence-electron chi connectivity index (χ2n) is 7.02. The molecule has 0 aliphatic carbocycles. The van der Waals surface area contributed by atoms with Gasteiger partial charge in [0.05, 0.1) is 24.9 Å². The van der Waals surface area contributed by atoms with Gasteiger partial charge in [-0.3, -0.25) is 9.59 Å². The van der Waals surface area contributed by atoms with Crippen LogP contribution in [0.2, 0.25) is 0 Å². The van der Waals surface area contributed by atoms with Crippen LogP contribution in [0.25, 0.3) is 6.08 Å². The predicted molar refractivity (Wildman–Crippen MR) is 141 cm³/mol. The van der Waals surface area contributed by atoms with Gasteiger partial charge in [-0.15, -0.1) is 0 Å². The van der Waals surface area contributed by atoms with Crippen LogP contribution in [0.5, 0.6) is 17.2 Å². The molecule has 0 heterocycles. The molecule has 0 atom stereocenters. The molecular weight excluding hydrogens is 582 g/mol. The van der Waals surface area contributed by atoms with Crippen LogP contribution in [0.1, 0.15) is 21.5 Å². The van der Waals surface area contributed by atoms with E-state index in [1.165, 1.54) is 26.5 Å². The fourth-order valence-corrected chi connectivity index (χ4v) is 4.21. The minimum atomic E-state index is -0.672. The van der Waals surface area contributed by atoms with Crippen molar-refractivity contribution in [2.45, 2.75) is 0 Å². The van der Waals surface area contributed by atoms with Crippen molar-refractivity contribution < 1.29 is 24.2 Å². The molecule has 8 nitrogen and oxygen atoms in total. The van der Waals surface area contributed by atoms with Crippen molar-refractivity contribution in [3.63, 3.8) is 0 Å². The van der Waals surface area contributed by atoms with Gasteiger partial charge in [0, 0.05) is 15.6 Å². The topological polar surface area (TPSA) is 109 Å². The van der Waals surface area contributed by atoms with E-state index in [4.69, 9.17) is 9.47 Å². The highest BCUT2D eigenvalue weighted by atomic mass is 79.9. The van der Waals surface area contributed by atoms with E-state index >= 15 is 0 Å². The highest BCUT2D eigenvalue weighted by molar-refractivity contribution is 9.11. The summed E-state index contributed by atoms with van der Waals surface area (Å²) in [6.07, 6.45) is 2.77. The van der Waals surface area contributed by atoms with Crippen LogP contribution in [0.15, 0.2) is 80.4 Å². The van der Waals surface area contributed by atoms with Gasteiger partial charge in [-0.2, -0.15) is 5.10 Å². The Bertz CT molecular complexity index is 1290. The van der Waals surface area contributed by atoms with Gasteiger partial charge in [0.15, 0.2) is 11.5 Å². The largest absolute Gasteiger partial charge is 0.506 e. The first-order chi connectivity index (χ1) is 16.8. The lowest BCUT2D eigenvalue weighted by molar-refractivity contribution is -0.117. The van der Waals surface area contributed by atoms with Gasteiger partial charge in [0.1, 0.15) is 11.4 Å². The average Bonchev–Trinajstić information content (AvgIpc) is 2.86. The zero-order chi connectivity index (χ0) is 25.4. The Morgan fingerprint density at radius 3 is 2.37 bits per heavy atom. The summed E-state index contributed by atoms with van der Waals surface area (Å²) in [5.74, 6) is -0.193. The molecule has 35 heavy (non-hydrogen) atoms. The third-order valence-corrected chi connectivity index (χ3v) is 5.74. The van der Waals surface area contributed by atoms with Crippen LogP contribution in [-0.2, 0) is 4.79 Å². The van der Waals surface area contributed by atoms with Gasteiger partial charge >= 0.3 is 0 Å². The van der Waals surface area contributed by atoms with Crippen molar-refractivity contribution in [1.29, 1.82) is 0 Å². The number of hydrazone groups is 1. The molecule has 0 fully saturated rings. The van der Waals surface area contributed by atoms with Crippen molar-refractivity contribution in [1.82, 2.24) is 10.7 Å². The fraction of sp³-hybridized carbons (Fsp3) is 0.0800. The number of carbonyl (C=O) groups excluding carboxylic acids is 2. The van der Waals surface area contributed by atoms with Gasteiger partial charge in [-0.05, 0) is 64.0 Å². The smallest absolute Gasteiger partial charge is 0.287 e. The Kier molecular flexibility index (Phi) is 9.04. The van der Waals surface area contributed by atoms with Gasteiger partial charge in [-0.25, -0.2) is 5.43 Å². The minimum absolute atomic E-state index is 0.0373. The number of rotatable bonds is 8. The van der Waals surface area contributed by atoms with Crippen LogP contribution < -0.4 is 20.2 Å². The van der Waals surface area contributed by atoms with E-state index in [-0.39, 0.29) is 11.4 Å². The molecule has 0 aliphatic rings. The fourth-order valence-electron chi connectivity index (χ4n) is 2.96. The lowest BCUT2D eigenvalue weighted by Crippen LogP contribution is -2.32. The summed E-state index contributed by atoms with van der Waals surface area (Å²) in [6.45, 7) is 0. The number of aromatic hydroxyl groups is 1. The molecule has 0 spiro atoms. The number of nitrogens with zero attached hydrogens (tertiary/aromatic N) is 1. The maximum Gasteiger partial charge on any atom is 0.287 e. The van der Waals surface area contributed by atoms with E-state index in [1.54, 1.807) is 60.7 Å². The molecule has 180 valence electrons. The lowest BCUT2D eigenvalue weighted by atomic mass is 10.1. The number of nitrogens with one attached hydrogen (secondary N) is 2. The Morgan fingerprint density at radius 2 is 1.69 bits per heavy atom. The van der Waals surface area contributed by atoms with Gasteiger partial charge < -0.3 is 19.9 Å². The third kappa shape index (κ3) is 6.93. The van der Waals surface area contributed by atoms with E-state index in [2.05, 4.69) is 47.7 Å². The lowest BCUT2D eigenvalue weighted by Gasteiger charge is -2.11. The molecule has 2 amide bonds. The monoisotopic (exact) mass is 601 g/mol. The molecule has 0 saturated carbocycles. The number of methoxy groups -OCH3 is 2. The van der Waals surface area contributed by atoms with Crippen LogP contribution in [0, 0.1) is 0 Å². The number of benzene rings is 3. The summed E-state index contributed by atoms with van der Waals surface area (Å²) in [5, 5.41) is 16.7. The van der Waals surface area contributed by atoms with E-state index in [0.717, 1.165) is 0 Å². The average molecular weight is 603 g/mol. The second-order valence-corrected chi connectivity index (χ2v) is 8.79. The predicted octanol–water partition coefficient (Wildman–Crippen LogP) is 4.86. The van der Waals surface area contributed by atoms with E-state index in [0.29, 0.717) is 37.1 Å². The number of hydrogen-bond acceptors (Lipinski definition) is 6. The highest BCUT2D eigenvalue weighted by Crippen LogP contribution is 2.31. The number of ether oxygens (including phenoxy) is 2. The maximum absolute atomic E-state index is 13.0. The van der Waals surface area contributed by atoms with Crippen LogP contribution in [0.3, 0.4) is 0 Å². The van der Waals surface area contributed by atoms with Crippen molar-refractivity contribution in [2.24, 2.45) is 5.10 Å². The van der Waals surface area contributed by atoms with Gasteiger partial charge in [-0.1, -0.05) is 40.2 Å². The molecule has 10 heteroatoms. The molecular formula is C25H21Br2N3O5. The van der Waals surface area contributed by atoms with Crippen LogP contribution in [0.4, 0.5) is 0 Å². The number of phenols is 1. The number of carbonyl (C=O) groups is 2. The number of phenolic OH excluding ortho intramolecular Hbond substituents is 1. The first-order valence-electron chi connectivity index (χ1n) is 10.1. The number of halogens is 2. The Morgan fingerprint density at radius 1 is 0.971 bits per heavy atom. The summed E-state index contributed by atoms with van der Waals surface area (Å²) in [4.78, 5) is 25.7. The van der Waals surface area contributed by atoms with E-state index in [1.807, 2.05) is 0 Å². The molecule has 0 unspecified atom stereocenters. The standard InChI is InChI=1S/C25H21Br2N3O5/c1-34-21-9-8-15(11-22(21)35-2)10-20(29-24(32)16-6-4-3-5-7-16)25(33)30-28-14-17-12-18(26)13-19(27)23(17)31/h3-14,31H,1-2H3,(H,29,32)(H,30,33)/b20-10?,28-14+. The van der Waals surface area contributed by atoms with E-state index < -0.39 is 11.8 Å². The Balaban J connectivity index is 1.89. The van der Waals surface area contributed by atoms with Gasteiger partial charge in [0.25, 0.3) is 11.8 Å². The molecule has 3 N–H and O–H groups in total. The third-order valence-electron chi connectivity index (χ3n) is 4.67. The summed E-state index contributed by atoms with van der Waals surface area (Å²) >= 11 is 6.58. The van der Waals surface area contributed by atoms with Crippen molar-refractivity contribution in [3.8, 4) is 17.2 Å². The number of amides is 2. The molecule has 0 aliphatic heterocycles. The molecule has 0 radical (unpaired) electrons. The molecule has 0 bridgehead atoms. The van der Waals surface area contributed by atoms with Crippen molar-refractivity contribution >= 4 is 56.0 Å². The van der Waals surface area contributed by atoms with Gasteiger partial charge in [0.2, 0.25) is 0 Å². The summed E-state index contributed by atoms with van der Waals surface area (Å²) in [7, 11) is 3.02. The van der Waals surface area contributed by atoms with E-state index in [9.17, 15) is 14.7 Å². The quantitative estimate of drug-likeness (QED) is 0.194. The molecule has 3 rings (SSSR count). The SMILES string of the molecule is COc1ccc(C=C(NC(=O)c2ccccc2)C(=O)N/N=C/c2cc(Br)cc(Br)c2O)cc1OC. The minimum Gasteiger partial charge on any atom is -0.506 e. The first kappa shape index (κ1) is 26.0. The first-order valence-corrected chi connectivity index (χ1v) is 11.7. The summed E-state index contributed by atoms with van der Waals surface area (Å²) < 4.78 is 11.7. The Hall–Kier alpha value is -3.63. The van der Waals surface area contributed by atoms with Crippen molar-refractivity contribution in [3.05, 3.63) is 92.0 Å². The van der Waals surface area contributed by atoms with Crippen LogP contribution >= 0.6 is 31.9 Å². The molecule has 0 saturated heterocycles. The normalized spacial score (nSPS) is 11.3. The molecule has 3 aromatic carbocycles. The number of hydrogen-bond donors (Lipinski definition) is 3. The molecule has 0 aromatic heterocycles. The summed E-state index contributed by atoms with van der Waals surface area (Å²) in [6, 6.07) is 16.9. The second kappa shape index (κ2) is 12.2. The highest BCUT2D eigenvalue weighted by Gasteiger charge is 2.15. The zero-order valence-corrected chi connectivity index (χ0v) is 21.9. The Labute approximate surface area is 218 Å². The van der Waals surface area contributed by atoms with Crippen LogP contribution in [-0.4, -0.2) is 37.4 Å². The summed E-state index contributed by atoms with van der Waals surface area (Å²) in [5.41, 5.74) is 3.65.